The third-order valence-electron chi connectivity index (χ3n) is 6.87. The normalized spacial score (nSPS) is 11.3. The Balaban J connectivity index is 1.14. The molecule has 7 heteroatoms. The minimum atomic E-state index is -3.85. The lowest BCUT2D eigenvalue weighted by molar-refractivity contribution is 0.101. The highest BCUT2D eigenvalue weighted by atomic mass is 32.2. The van der Waals surface area contributed by atoms with Crippen molar-refractivity contribution < 1.29 is 18.0 Å². The van der Waals surface area contributed by atoms with Crippen LogP contribution in [0.4, 0.5) is 11.4 Å². The van der Waals surface area contributed by atoms with Crippen LogP contribution < -0.4 is 10.6 Å². The molecule has 2 N–H and O–H groups in total. The Kier molecular flexibility index (Phi) is 6.79. The van der Waals surface area contributed by atoms with E-state index < -0.39 is 9.84 Å². The maximum atomic E-state index is 13.2. The Bertz CT molecular complexity index is 1890. The van der Waals surface area contributed by atoms with Gasteiger partial charge >= 0.3 is 0 Å². The Morgan fingerprint density at radius 2 is 0.805 bits per heavy atom. The molecule has 0 atom stereocenters. The second-order valence-electron chi connectivity index (χ2n) is 9.58. The Hall–Kier alpha value is -5.27. The summed E-state index contributed by atoms with van der Waals surface area (Å²) in [7, 11) is -3.85. The number of amides is 2. The second-order valence-corrected chi connectivity index (χ2v) is 11.5. The van der Waals surface area contributed by atoms with E-state index in [0.29, 0.717) is 22.5 Å². The van der Waals surface area contributed by atoms with Gasteiger partial charge in [-0.1, -0.05) is 60.7 Å². The van der Waals surface area contributed by atoms with Crippen molar-refractivity contribution in [1.29, 1.82) is 0 Å². The van der Waals surface area contributed by atoms with E-state index >= 15 is 0 Å². The van der Waals surface area contributed by atoms with Crippen LogP contribution in [-0.4, -0.2) is 20.2 Å². The molecule has 200 valence electrons. The van der Waals surface area contributed by atoms with Crippen LogP contribution >= 0.6 is 0 Å². The standard InChI is InChI=1S/C34H24N2O4S/c37-33(35-29-15-9-23-5-1-3-7-27(23)21-29)25-11-17-31(18-12-25)41(39,40)32-19-13-26(14-20-32)34(38)36-30-16-10-24-6-2-4-8-28(24)22-30/h1-22H,(H,35,37)(H,36,38). The number of nitrogens with one attached hydrogen (secondary N) is 2. The topological polar surface area (TPSA) is 92.3 Å². The van der Waals surface area contributed by atoms with Crippen LogP contribution in [-0.2, 0) is 9.84 Å². The molecule has 0 aliphatic rings. The number of carbonyl (C=O) groups is 2. The summed E-state index contributed by atoms with van der Waals surface area (Å²) in [6.07, 6.45) is 0. The number of carbonyl (C=O) groups excluding carboxylic acids is 2. The van der Waals surface area contributed by atoms with Crippen LogP contribution in [0.1, 0.15) is 20.7 Å². The van der Waals surface area contributed by atoms with Crippen molar-refractivity contribution >= 4 is 54.6 Å². The highest BCUT2D eigenvalue weighted by Gasteiger charge is 2.19. The molecular weight excluding hydrogens is 532 g/mol. The lowest BCUT2D eigenvalue weighted by Crippen LogP contribution is -2.13. The molecule has 41 heavy (non-hydrogen) atoms. The Labute approximate surface area is 237 Å². The van der Waals surface area contributed by atoms with Gasteiger partial charge in [-0.15, -0.1) is 0 Å². The largest absolute Gasteiger partial charge is 0.322 e. The Morgan fingerprint density at radius 3 is 1.20 bits per heavy atom. The predicted molar refractivity (Wildman–Crippen MR) is 162 cm³/mol. The molecule has 0 radical (unpaired) electrons. The molecule has 0 spiro atoms. The second kappa shape index (κ2) is 10.7. The fraction of sp³-hybridized carbons (Fsp3) is 0. The van der Waals surface area contributed by atoms with Crippen molar-refractivity contribution in [2.24, 2.45) is 0 Å². The van der Waals surface area contributed by atoms with Crippen LogP contribution in [0, 0.1) is 0 Å². The fourth-order valence-corrected chi connectivity index (χ4v) is 5.91. The van der Waals surface area contributed by atoms with Gasteiger partial charge in [0.25, 0.3) is 11.8 Å². The average Bonchev–Trinajstić information content (AvgIpc) is 3.01. The van der Waals surface area contributed by atoms with Gasteiger partial charge in [0.2, 0.25) is 9.84 Å². The molecule has 0 saturated heterocycles. The van der Waals surface area contributed by atoms with Gasteiger partial charge in [0.1, 0.15) is 0 Å². The van der Waals surface area contributed by atoms with E-state index in [0.717, 1.165) is 21.5 Å². The number of hydrogen-bond acceptors (Lipinski definition) is 4. The van der Waals surface area contributed by atoms with Crippen molar-refractivity contribution in [2.45, 2.75) is 9.79 Å². The summed E-state index contributed by atoms with van der Waals surface area (Å²) in [4.78, 5) is 25.7. The Morgan fingerprint density at radius 1 is 0.439 bits per heavy atom. The van der Waals surface area contributed by atoms with Crippen LogP contribution in [0.15, 0.2) is 143 Å². The van der Waals surface area contributed by atoms with Gasteiger partial charge < -0.3 is 10.6 Å². The highest BCUT2D eigenvalue weighted by molar-refractivity contribution is 7.91. The zero-order chi connectivity index (χ0) is 28.4. The van der Waals surface area contributed by atoms with E-state index in [-0.39, 0.29) is 21.6 Å². The van der Waals surface area contributed by atoms with Crippen LogP contribution in [0.2, 0.25) is 0 Å². The van der Waals surface area contributed by atoms with Crippen LogP contribution in [0.3, 0.4) is 0 Å². The van der Waals surface area contributed by atoms with E-state index in [2.05, 4.69) is 10.6 Å². The number of rotatable bonds is 6. The first kappa shape index (κ1) is 26.0. The molecule has 6 aromatic carbocycles. The fourth-order valence-electron chi connectivity index (χ4n) is 4.65. The van der Waals surface area contributed by atoms with Gasteiger partial charge in [-0.2, -0.15) is 0 Å². The molecule has 0 aliphatic carbocycles. The van der Waals surface area contributed by atoms with Gasteiger partial charge in [-0.3, -0.25) is 9.59 Å². The summed E-state index contributed by atoms with van der Waals surface area (Å²) in [6, 6.07) is 38.5. The molecule has 6 rings (SSSR count). The highest BCUT2D eigenvalue weighted by Crippen LogP contribution is 2.24. The zero-order valence-corrected chi connectivity index (χ0v) is 22.6. The van der Waals surface area contributed by atoms with Crippen molar-refractivity contribution in [3.63, 3.8) is 0 Å². The summed E-state index contributed by atoms with van der Waals surface area (Å²) >= 11 is 0. The monoisotopic (exact) mass is 556 g/mol. The van der Waals surface area contributed by atoms with Gasteiger partial charge in [-0.05, 0) is 94.3 Å². The first-order valence-corrected chi connectivity index (χ1v) is 14.4. The van der Waals surface area contributed by atoms with Crippen molar-refractivity contribution in [3.8, 4) is 0 Å². The van der Waals surface area contributed by atoms with Gasteiger partial charge in [0.15, 0.2) is 0 Å². The number of sulfone groups is 1. The number of anilines is 2. The third kappa shape index (κ3) is 5.44. The van der Waals surface area contributed by atoms with Crippen LogP contribution in [0.5, 0.6) is 0 Å². The molecule has 0 aliphatic heterocycles. The molecule has 0 bridgehead atoms. The van der Waals surface area contributed by atoms with Crippen molar-refractivity contribution in [1.82, 2.24) is 0 Å². The van der Waals surface area contributed by atoms with E-state index in [1.165, 1.54) is 48.5 Å². The predicted octanol–water partition coefficient (Wildman–Crippen LogP) is 7.33. The summed E-state index contributed by atoms with van der Waals surface area (Å²) in [6.45, 7) is 0. The van der Waals surface area contributed by atoms with Crippen LogP contribution in [0.25, 0.3) is 21.5 Å². The maximum Gasteiger partial charge on any atom is 0.255 e. The first-order valence-electron chi connectivity index (χ1n) is 12.9. The van der Waals surface area contributed by atoms with E-state index in [9.17, 15) is 18.0 Å². The first-order chi connectivity index (χ1) is 19.9. The smallest absolute Gasteiger partial charge is 0.255 e. The van der Waals surface area contributed by atoms with E-state index in [4.69, 9.17) is 0 Å². The van der Waals surface area contributed by atoms with Gasteiger partial charge in [-0.25, -0.2) is 8.42 Å². The summed E-state index contributed by atoms with van der Waals surface area (Å²) in [5.41, 5.74) is 1.96. The van der Waals surface area contributed by atoms with Crippen molar-refractivity contribution in [2.75, 3.05) is 10.6 Å². The van der Waals surface area contributed by atoms with E-state index in [1.54, 1.807) is 0 Å². The zero-order valence-electron chi connectivity index (χ0n) is 21.7. The summed E-state index contributed by atoms with van der Waals surface area (Å²) in [5, 5.41) is 9.86. The number of hydrogen-bond donors (Lipinski definition) is 2. The van der Waals surface area contributed by atoms with E-state index in [1.807, 2.05) is 84.9 Å². The molecular formula is C34H24N2O4S. The maximum absolute atomic E-state index is 13.2. The molecule has 0 unspecified atom stereocenters. The minimum Gasteiger partial charge on any atom is -0.322 e. The average molecular weight is 557 g/mol. The molecule has 2 amide bonds. The van der Waals surface area contributed by atoms with Crippen molar-refractivity contribution in [3.05, 3.63) is 145 Å². The molecule has 0 aromatic heterocycles. The lowest BCUT2D eigenvalue weighted by Gasteiger charge is -2.09. The van der Waals surface area contributed by atoms with Gasteiger partial charge in [0, 0.05) is 22.5 Å². The quantitative estimate of drug-likeness (QED) is 0.225. The van der Waals surface area contributed by atoms with Gasteiger partial charge in [0.05, 0.1) is 9.79 Å². The lowest BCUT2D eigenvalue weighted by atomic mass is 10.1. The number of fused-ring (bicyclic) bond motifs is 2. The SMILES string of the molecule is O=C(Nc1ccc2ccccc2c1)c1ccc(S(=O)(=O)c2ccc(C(=O)Nc3ccc4ccccc4c3)cc2)cc1. The molecule has 0 fully saturated rings. The summed E-state index contributed by atoms with van der Waals surface area (Å²) in [5.74, 6) is -0.683. The molecule has 0 heterocycles. The molecule has 6 aromatic rings. The molecule has 0 saturated carbocycles. The molecule has 6 nitrogen and oxygen atoms in total. The minimum absolute atomic E-state index is 0.0492. The summed E-state index contributed by atoms with van der Waals surface area (Å²) < 4.78 is 26.5. The number of benzene rings is 6. The third-order valence-corrected chi connectivity index (χ3v) is 8.65.